The number of anilines is 1. The van der Waals surface area contributed by atoms with Crippen LogP contribution in [0.15, 0.2) is 23.3 Å². The molecule has 4 heteroatoms. The number of carbonyl (C=O) groups excluding carboxylic acids is 1. The molecule has 0 bridgehead atoms. The van der Waals surface area contributed by atoms with E-state index in [1.54, 1.807) is 0 Å². The fourth-order valence-electron chi connectivity index (χ4n) is 1.81. The zero-order valence-corrected chi connectivity index (χ0v) is 10.4. The summed E-state index contributed by atoms with van der Waals surface area (Å²) in [5.74, 6) is 0.693. The van der Waals surface area contributed by atoms with Gasteiger partial charge in [0.2, 0.25) is 0 Å². The van der Waals surface area contributed by atoms with E-state index in [-0.39, 0.29) is 5.91 Å². The maximum Gasteiger partial charge on any atom is 0.253 e. The van der Waals surface area contributed by atoms with Crippen molar-refractivity contribution in [1.82, 2.24) is 0 Å². The molecule has 0 unspecified atom stereocenters. The number of carbonyl (C=O) groups is 1. The standard InChI is InChI=1S/C13H16N2O2/c1-4-17-12-6-5-9(2)7-11(12)15-13(16)8-10(3)14-15/h5-7H,4,8H2,1-3H3. The number of hydrazone groups is 1. The molecule has 0 aliphatic carbocycles. The van der Waals surface area contributed by atoms with Crippen LogP contribution in [0.1, 0.15) is 25.8 Å². The lowest BCUT2D eigenvalue weighted by Gasteiger charge is -2.17. The van der Waals surface area contributed by atoms with Crippen LogP contribution in [0.2, 0.25) is 0 Å². The van der Waals surface area contributed by atoms with Crippen molar-refractivity contribution in [2.45, 2.75) is 27.2 Å². The first-order valence-electron chi connectivity index (χ1n) is 5.72. The van der Waals surface area contributed by atoms with Crippen LogP contribution in [-0.2, 0) is 4.79 Å². The summed E-state index contributed by atoms with van der Waals surface area (Å²) < 4.78 is 5.52. The van der Waals surface area contributed by atoms with E-state index in [1.807, 2.05) is 39.0 Å². The largest absolute Gasteiger partial charge is 0.492 e. The van der Waals surface area contributed by atoms with Crippen LogP contribution in [0.25, 0.3) is 0 Å². The van der Waals surface area contributed by atoms with Crippen molar-refractivity contribution in [1.29, 1.82) is 0 Å². The van der Waals surface area contributed by atoms with Crippen LogP contribution in [0.3, 0.4) is 0 Å². The van der Waals surface area contributed by atoms with Crippen LogP contribution in [0, 0.1) is 6.92 Å². The van der Waals surface area contributed by atoms with Crippen LogP contribution >= 0.6 is 0 Å². The van der Waals surface area contributed by atoms with E-state index in [1.165, 1.54) is 5.01 Å². The quantitative estimate of drug-likeness (QED) is 0.803. The Bertz CT molecular complexity index is 480. The van der Waals surface area contributed by atoms with Crippen molar-refractivity contribution >= 4 is 17.3 Å². The number of benzene rings is 1. The highest BCUT2D eigenvalue weighted by atomic mass is 16.5. The Balaban J connectivity index is 2.42. The number of hydrogen-bond donors (Lipinski definition) is 0. The number of nitrogens with zero attached hydrogens (tertiary/aromatic N) is 2. The maximum atomic E-state index is 11.8. The van der Waals surface area contributed by atoms with E-state index < -0.39 is 0 Å². The summed E-state index contributed by atoms with van der Waals surface area (Å²) in [6, 6.07) is 5.77. The fourth-order valence-corrected chi connectivity index (χ4v) is 1.81. The summed E-state index contributed by atoms with van der Waals surface area (Å²) in [4.78, 5) is 11.8. The minimum atomic E-state index is -0.00551. The normalized spacial score (nSPS) is 15.1. The van der Waals surface area contributed by atoms with E-state index in [0.717, 1.165) is 17.0 Å². The Morgan fingerprint density at radius 3 is 2.76 bits per heavy atom. The van der Waals surface area contributed by atoms with E-state index in [0.29, 0.717) is 18.8 Å². The van der Waals surface area contributed by atoms with Gasteiger partial charge in [0.25, 0.3) is 5.91 Å². The third-order valence-corrected chi connectivity index (χ3v) is 2.56. The average molecular weight is 232 g/mol. The fraction of sp³-hybridized carbons (Fsp3) is 0.385. The summed E-state index contributed by atoms with van der Waals surface area (Å²) in [5.41, 5.74) is 2.64. The molecular weight excluding hydrogens is 216 g/mol. The lowest BCUT2D eigenvalue weighted by atomic mass is 10.2. The Kier molecular flexibility index (Phi) is 3.13. The Labute approximate surface area is 101 Å². The van der Waals surface area contributed by atoms with E-state index in [4.69, 9.17) is 4.74 Å². The first kappa shape index (κ1) is 11.6. The predicted octanol–water partition coefficient (Wildman–Crippen LogP) is 2.51. The van der Waals surface area contributed by atoms with Crippen molar-refractivity contribution in [3.63, 3.8) is 0 Å². The average Bonchev–Trinajstić information content (AvgIpc) is 2.61. The molecule has 1 heterocycles. The van der Waals surface area contributed by atoms with Crippen LogP contribution < -0.4 is 9.75 Å². The molecule has 0 N–H and O–H groups in total. The first-order valence-corrected chi connectivity index (χ1v) is 5.72. The molecule has 1 aromatic carbocycles. The smallest absolute Gasteiger partial charge is 0.253 e. The Hall–Kier alpha value is -1.84. The van der Waals surface area contributed by atoms with Gasteiger partial charge < -0.3 is 4.74 Å². The number of rotatable bonds is 3. The number of hydrogen-bond acceptors (Lipinski definition) is 3. The van der Waals surface area contributed by atoms with Crippen molar-refractivity contribution in [3.8, 4) is 5.75 Å². The van der Waals surface area contributed by atoms with Gasteiger partial charge in [0.1, 0.15) is 11.4 Å². The first-order chi connectivity index (χ1) is 8.11. The molecule has 0 radical (unpaired) electrons. The molecule has 0 spiro atoms. The second-order valence-corrected chi connectivity index (χ2v) is 4.12. The Morgan fingerprint density at radius 2 is 2.18 bits per heavy atom. The highest BCUT2D eigenvalue weighted by molar-refractivity contribution is 6.12. The third kappa shape index (κ3) is 2.30. The van der Waals surface area contributed by atoms with Crippen LogP contribution in [0.4, 0.5) is 5.69 Å². The molecule has 0 saturated heterocycles. The van der Waals surface area contributed by atoms with Gasteiger partial charge in [0.15, 0.2) is 0 Å². The van der Waals surface area contributed by atoms with Gasteiger partial charge in [0.05, 0.1) is 13.0 Å². The molecule has 0 atom stereocenters. The molecule has 0 fully saturated rings. The Morgan fingerprint density at radius 1 is 1.41 bits per heavy atom. The lowest BCUT2D eigenvalue weighted by Crippen LogP contribution is -2.20. The second-order valence-electron chi connectivity index (χ2n) is 4.12. The van der Waals surface area contributed by atoms with E-state index in [2.05, 4.69) is 5.10 Å². The topological polar surface area (TPSA) is 41.9 Å². The van der Waals surface area contributed by atoms with Gasteiger partial charge >= 0.3 is 0 Å². The van der Waals surface area contributed by atoms with Gasteiger partial charge in [-0.3, -0.25) is 4.79 Å². The molecule has 17 heavy (non-hydrogen) atoms. The predicted molar refractivity (Wildman–Crippen MR) is 67.6 cm³/mol. The second kappa shape index (κ2) is 4.57. The van der Waals surface area contributed by atoms with Gasteiger partial charge in [-0.2, -0.15) is 10.1 Å². The molecular formula is C13H16N2O2. The highest BCUT2D eigenvalue weighted by Gasteiger charge is 2.25. The molecule has 90 valence electrons. The zero-order valence-electron chi connectivity index (χ0n) is 10.4. The molecule has 0 aromatic heterocycles. The molecule has 1 aliphatic rings. The third-order valence-electron chi connectivity index (χ3n) is 2.56. The van der Waals surface area contributed by atoms with E-state index >= 15 is 0 Å². The summed E-state index contributed by atoms with van der Waals surface area (Å²) in [7, 11) is 0. The van der Waals surface area contributed by atoms with E-state index in [9.17, 15) is 4.79 Å². The SMILES string of the molecule is CCOc1ccc(C)cc1N1N=C(C)CC1=O. The minimum absolute atomic E-state index is 0.00551. The summed E-state index contributed by atoms with van der Waals surface area (Å²) in [6.45, 7) is 6.33. The van der Waals surface area contributed by atoms with Gasteiger partial charge in [0, 0.05) is 5.71 Å². The van der Waals surface area contributed by atoms with Crippen molar-refractivity contribution in [2.24, 2.45) is 5.10 Å². The number of ether oxygens (including phenoxy) is 1. The monoisotopic (exact) mass is 232 g/mol. The maximum absolute atomic E-state index is 11.8. The van der Waals surface area contributed by atoms with Gasteiger partial charge in [-0.15, -0.1) is 0 Å². The summed E-state index contributed by atoms with van der Waals surface area (Å²) >= 11 is 0. The number of aryl methyl sites for hydroxylation is 1. The van der Waals surface area contributed by atoms with Crippen molar-refractivity contribution < 1.29 is 9.53 Å². The minimum Gasteiger partial charge on any atom is -0.492 e. The molecule has 1 aliphatic heterocycles. The molecule has 1 aromatic rings. The summed E-state index contributed by atoms with van der Waals surface area (Å²) in [5, 5.41) is 5.68. The summed E-state index contributed by atoms with van der Waals surface area (Å²) in [6.07, 6.45) is 0.388. The molecule has 4 nitrogen and oxygen atoms in total. The molecule has 0 saturated carbocycles. The van der Waals surface area contributed by atoms with Crippen LogP contribution in [0.5, 0.6) is 5.75 Å². The van der Waals surface area contributed by atoms with Crippen LogP contribution in [-0.4, -0.2) is 18.2 Å². The highest BCUT2D eigenvalue weighted by Crippen LogP contribution is 2.32. The molecule has 1 amide bonds. The van der Waals surface area contributed by atoms with Gasteiger partial charge in [-0.1, -0.05) is 6.07 Å². The lowest BCUT2D eigenvalue weighted by molar-refractivity contribution is -0.116. The molecule has 2 rings (SSSR count). The number of amides is 1. The zero-order chi connectivity index (χ0) is 12.4. The van der Waals surface area contributed by atoms with Gasteiger partial charge in [-0.25, -0.2) is 0 Å². The van der Waals surface area contributed by atoms with Crippen molar-refractivity contribution in [3.05, 3.63) is 23.8 Å². The van der Waals surface area contributed by atoms with Gasteiger partial charge in [-0.05, 0) is 38.5 Å². The van der Waals surface area contributed by atoms with Crippen molar-refractivity contribution in [2.75, 3.05) is 11.6 Å².